The summed E-state index contributed by atoms with van der Waals surface area (Å²) in [5.74, 6) is 1.70. The lowest BCUT2D eigenvalue weighted by molar-refractivity contribution is -0.125. The third kappa shape index (κ3) is 3.78. The van der Waals surface area contributed by atoms with Crippen LogP contribution in [0.4, 0.5) is 0 Å². The molecule has 1 aromatic carbocycles. The van der Waals surface area contributed by atoms with E-state index in [1.165, 1.54) is 0 Å². The first-order valence-corrected chi connectivity index (χ1v) is 7.33. The summed E-state index contributed by atoms with van der Waals surface area (Å²) in [5, 5.41) is 3.08. The number of allylic oxidation sites excluding steroid dienone is 2. The molecule has 1 aliphatic carbocycles. The quantitative estimate of drug-likeness (QED) is 0.847. The Morgan fingerprint density at radius 2 is 2.10 bits per heavy atom. The zero-order valence-corrected chi connectivity index (χ0v) is 12.9. The molecule has 1 aromatic rings. The van der Waals surface area contributed by atoms with Crippen molar-refractivity contribution in [1.82, 2.24) is 5.32 Å². The summed E-state index contributed by atoms with van der Waals surface area (Å²) in [7, 11) is 3.26. The van der Waals surface area contributed by atoms with Gasteiger partial charge in [0.1, 0.15) is 11.5 Å². The Morgan fingerprint density at radius 3 is 2.71 bits per heavy atom. The van der Waals surface area contributed by atoms with E-state index in [9.17, 15) is 4.79 Å². The van der Waals surface area contributed by atoms with E-state index >= 15 is 0 Å². The van der Waals surface area contributed by atoms with Gasteiger partial charge in [-0.05, 0) is 44.4 Å². The number of ether oxygens (including phenoxy) is 2. The van der Waals surface area contributed by atoms with Gasteiger partial charge in [0, 0.05) is 11.5 Å². The molecule has 0 bridgehead atoms. The van der Waals surface area contributed by atoms with Gasteiger partial charge >= 0.3 is 0 Å². The molecule has 2 rings (SSSR count). The summed E-state index contributed by atoms with van der Waals surface area (Å²) in [6, 6.07) is 5.50. The van der Waals surface area contributed by atoms with Crippen LogP contribution in [0.2, 0.25) is 0 Å². The Kier molecular flexibility index (Phi) is 5.26. The highest BCUT2D eigenvalue weighted by Gasteiger charge is 2.22. The van der Waals surface area contributed by atoms with Gasteiger partial charge in [0.2, 0.25) is 5.91 Å². The van der Waals surface area contributed by atoms with E-state index in [-0.39, 0.29) is 17.9 Å². The Bertz CT molecular complexity index is 525. The predicted octanol–water partition coefficient (Wildman–Crippen LogP) is 3.24. The first-order chi connectivity index (χ1) is 10.2. The highest BCUT2D eigenvalue weighted by Crippen LogP contribution is 2.30. The van der Waals surface area contributed by atoms with E-state index in [2.05, 4.69) is 17.5 Å². The number of hydrogen-bond donors (Lipinski definition) is 1. The normalized spacial score (nSPS) is 18.9. The molecule has 114 valence electrons. The highest BCUT2D eigenvalue weighted by atomic mass is 16.5. The van der Waals surface area contributed by atoms with E-state index < -0.39 is 0 Å². The van der Waals surface area contributed by atoms with Crippen molar-refractivity contribution >= 4 is 5.91 Å². The van der Waals surface area contributed by atoms with Crippen LogP contribution in [0.3, 0.4) is 0 Å². The van der Waals surface area contributed by atoms with Gasteiger partial charge < -0.3 is 14.8 Å². The number of rotatable bonds is 5. The van der Waals surface area contributed by atoms with Gasteiger partial charge in [-0.1, -0.05) is 12.2 Å². The van der Waals surface area contributed by atoms with Crippen molar-refractivity contribution in [3.8, 4) is 11.5 Å². The van der Waals surface area contributed by atoms with E-state index in [4.69, 9.17) is 9.47 Å². The largest absolute Gasteiger partial charge is 0.497 e. The minimum Gasteiger partial charge on any atom is -0.497 e. The van der Waals surface area contributed by atoms with E-state index in [0.29, 0.717) is 0 Å². The van der Waals surface area contributed by atoms with Crippen LogP contribution < -0.4 is 14.8 Å². The second-order valence-electron chi connectivity index (χ2n) is 5.32. The van der Waals surface area contributed by atoms with Crippen LogP contribution in [0, 0.1) is 5.92 Å². The van der Waals surface area contributed by atoms with Crippen molar-refractivity contribution in [3.63, 3.8) is 0 Å². The third-order valence-electron chi connectivity index (χ3n) is 3.90. The molecule has 0 aromatic heterocycles. The molecule has 4 nitrogen and oxygen atoms in total. The molecule has 21 heavy (non-hydrogen) atoms. The lowest BCUT2D eigenvalue weighted by Gasteiger charge is -2.22. The topological polar surface area (TPSA) is 47.6 Å². The van der Waals surface area contributed by atoms with Crippen LogP contribution in [-0.4, -0.2) is 20.1 Å². The fraction of sp³-hybridized carbons (Fsp3) is 0.471. The van der Waals surface area contributed by atoms with Crippen LogP contribution in [0.15, 0.2) is 30.4 Å². The van der Waals surface area contributed by atoms with Crippen molar-refractivity contribution in [3.05, 3.63) is 35.9 Å². The molecule has 0 radical (unpaired) electrons. The van der Waals surface area contributed by atoms with Crippen molar-refractivity contribution in [2.24, 2.45) is 5.92 Å². The van der Waals surface area contributed by atoms with Crippen molar-refractivity contribution in [1.29, 1.82) is 0 Å². The molecule has 0 saturated heterocycles. The van der Waals surface area contributed by atoms with Gasteiger partial charge in [0.15, 0.2) is 0 Å². The number of amides is 1. The van der Waals surface area contributed by atoms with Crippen LogP contribution in [0.5, 0.6) is 11.5 Å². The second-order valence-corrected chi connectivity index (χ2v) is 5.32. The minimum absolute atomic E-state index is 0.0778. The summed E-state index contributed by atoms with van der Waals surface area (Å²) in [5.41, 5.74) is 0.927. The van der Waals surface area contributed by atoms with Gasteiger partial charge in [-0.2, -0.15) is 0 Å². The molecule has 0 spiro atoms. The number of benzene rings is 1. The average Bonchev–Trinajstić information content (AvgIpc) is 2.54. The maximum Gasteiger partial charge on any atom is 0.223 e. The lowest BCUT2D eigenvalue weighted by atomic mass is 9.93. The summed E-state index contributed by atoms with van der Waals surface area (Å²) >= 11 is 0. The molecule has 0 aliphatic heterocycles. The van der Waals surface area contributed by atoms with E-state index in [1.54, 1.807) is 14.2 Å². The van der Waals surface area contributed by atoms with Gasteiger partial charge in [-0.25, -0.2) is 0 Å². The first-order valence-electron chi connectivity index (χ1n) is 7.33. The van der Waals surface area contributed by atoms with Crippen LogP contribution in [0.25, 0.3) is 0 Å². The summed E-state index contributed by atoms with van der Waals surface area (Å²) in [6.45, 7) is 1.97. The molecular weight excluding hydrogens is 266 g/mol. The zero-order valence-electron chi connectivity index (χ0n) is 12.9. The molecule has 2 atom stereocenters. The standard InChI is InChI=1S/C17H23NO3/c1-12(18-17(19)13-7-5-4-6-8-13)15-11-14(20-2)9-10-16(15)21-3/h4-5,9-13H,6-8H2,1-3H3,(H,18,19)/t12-,13+/m0/s1. The molecule has 0 fully saturated rings. The van der Waals surface area contributed by atoms with Gasteiger partial charge in [0.05, 0.1) is 20.3 Å². The fourth-order valence-corrected chi connectivity index (χ4v) is 2.62. The summed E-state index contributed by atoms with van der Waals surface area (Å²) < 4.78 is 10.6. The van der Waals surface area contributed by atoms with Gasteiger partial charge in [-0.3, -0.25) is 4.79 Å². The zero-order chi connectivity index (χ0) is 15.2. The third-order valence-corrected chi connectivity index (χ3v) is 3.90. The first kappa shape index (κ1) is 15.4. The number of nitrogens with one attached hydrogen (secondary N) is 1. The SMILES string of the molecule is COc1ccc(OC)c([C@H](C)NC(=O)[C@@H]2CC=CCC2)c1. The molecule has 4 heteroatoms. The summed E-state index contributed by atoms with van der Waals surface area (Å²) in [6.07, 6.45) is 6.95. The van der Waals surface area contributed by atoms with Crippen molar-refractivity contribution in [2.75, 3.05) is 14.2 Å². The predicted molar refractivity (Wildman–Crippen MR) is 82.6 cm³/mol. The number of hydrogen-bond acceptors (Lipinski definition) is 3. The maximum atomic E-state index is 12.3. The minimum atomic E-state index is -0.117. The lowest BCUT2D eigenvalue weighted by Crippen LogP contribution is -2.33. The smallest absolute Gasteiger partial charge is 0.223 e. The average molecular weight is 289 g/mol. The van der Waals surface area contributed by atoms with Crippen LogP contribution in [-0.2, 0) is 4.79 Å². The molecule has 1 aliphatic rings. The van der Waals surface area contributed by atoms with E-state index in [0.717, 1.165) is 36.3 Å². The van der Waals surface area contributed by atoms with Gasteiger partial charge in [0.25, 0.3) is 0 Å². The Hall–Kier alpha value is -1.97. The van der Waals surface area contributed by atoms with Crippen molar-refractivity contribution < 1.29 is 14.3 Å². The molecule has 1 amide bonds. The summed E-state index contributed by atoms with van der Waals surface area (Å²) in [4.78, 5) is 12.3. The second kappa shape index (κ2) is 7.16. The Labute approximate surface area is 126 Å². The highest BCUT2D eigenvalue weighted by molar-refractivity contribution is 5.79. The molecule has 0 unspecified atom stereocenters. The maximum absolute atomic E-state index is 12.3. The molecule has 1 N–H and O–H groups in total. The Balaban J connectivity index is 2.10. The number of carbonyl (C=O) groups excluding carboxylic acids is 1. The molecular formula is C17H23NO3. The molecule has 0 heterocycles. The van der Waals surface area contributed by atoms with E-state index in [1.807, 2.05) is 25.1 Å². The molecule has 0 saturated carbocycles. The van der Waals surface area contributed by atoms with Crippen molar-refractivity contribution in [2.45, 2.75) is 32.2 Å². The Morgan fingerprint density at radius 1 is 1.29 bits per heavy atom. The van der Waals surface area contributed by atoms with Gasteiger partial charge in [-0.15, -0.1) is 0 Å². The fourth-order valence-electron chi connectivity index (χ4n) is 2.62. The van der Waals surface area contributed by atoms with Crippen LogP contribution >= 0.6 is 0 Å². The monoisotopic (exact) mass is 289 g/mol. The van der Waals surface area contributed by atoms with Crippen LogP contribution in [0.1, 0.15) is 37.8 Å². The number of methoxy groups -OCH3 is 2. The number of carbonyl (C=O) groups is 1.